The van der Waals surface area contributed by atoms with Crippen molar-refractivity contribution in [1.29, 1.82) is 0 Å². The van der Waals surface area contributed by atoms with Crippen LogP contribution in [-0.4, -0.2) is 75.0 Å². The molecule has 3 aliphatic heterocycles. The first kappa shape index (κ1) is 18.5. The minimum Gasteiger partial charge on any atom is -0.486 e. The number of fused-ring (bicyclic) bond motifs is 1. The maximum Gasteiger partial charge on any atom is 0.243 e. The van der Waals surface area contributed by atoms with E-state index < -0.39 is 10.0 Å². The normalized spacial score (nSPS) is 26.2. The number of sulfonamides is 1. The van der Waals surface area contributed by atoms with Gasteiger partial charge in [-0.15, -0.1) is 0 Å². The third-order valence-electron chi connectivity index (χ3n) is 5.09. The van der Waals surface area contributed by atoms with Gasteiger partial charge in [-0.05, 0) is 25.5 Å². The van der Waals surface area contributed by atoms with Gasteiger partial charge in [-0.1, -0.05) is 0 Å². The standard InChI is InChI=1S/C17H24N4O5S/c1-12-10-14(19-18-12)17(22)20-4-6-21(7-5-20)27(23,24)13-2-3-15-16(11-13)26-9-8-25-15/h2-3,11-12,14,18-19H,4-10H2,1H3. The molecular formula is C17H24N4O5S. The Hall–Kier alpha value is -1.88. The molecule has 0 aromatic heterocycles. The molecule has 2 saturated heterocycles. The van der Waals surface area contributed by atoms with Crippen LogP contribution >= 0.6 is 0 Å². The van der Waals surface area contributed by atoms with E-state index in [1.54, 1.807) is 11.0 Å². The van der Waals surface area contributed by atoms with Gasteiger partial charge in [-0.2, -0.15) is 4.31 Å². The average molecular weight is 396 g/mol. The molecule has 0 radical (unpaired) electrons. The van der Waals surface area contributed by atoms with Gasteiger partial charge in [0.15, 0.2) is 11.5 Å². The molecule has 1 amide bonds. The topological polar surface area (TPSA) is 100 Å². The lowest BCUT2D eigenvalue weighted by Gasteiger charge is -2.35. The van der Waals surface area contributed by atoms with Gasteiger partial charge in [0, 0.05) is 38.3 Å². The van der Waals surface area contributed by atoms with Crippen molar-refractivity contribution in [2.24, 2.45) is 0 Å². The summed E-state index contributed by atoms with van der Waals surface area (Å²) in [4.78, 5) is 14.5. The molecule has 27 heavy (non-hydrogen) atoms. The molecule has 0 spiro atoms. The number of piperazine rings is 1. The van der Waals surface area contributed by atoms with Crippen LogP contribution in [0.1, 0.15) is 13.3 Å². The number of carbonyl (C=O) groups excluding carboxylic acids is 1. The fourth-order valence-electron chi connectivity index (χ4n) is 3.58. The van der Waals surface area contributed by atoms with Crippen molar-refractivity contribution in [2.45, 2.75) is 30.3 Å². The third kappa shape index (κ3) is 3.62. The van der Waals surface area contributed by atoms with Gasteiger partial charge in [0.2, 0.25) is 15.9 Å². The number of hydrogen-bond donors (Lipinski definition) is 2. The molecular weight excluding hydrogens is 372 g/mol. The fraction of sp³-hybridized carbons (Fsp3) is 0.588. The highest BCUT2D eigenvalue weighted by atomic mass is 32.2. The van der Waals surface area contributed by atoms with Crippen LogP contribution in [0.15, 0.2) is 23.1 Å². The highest BCUT2D eigenvalue weighted by Gasteiger charge is 2.35. The number of carbonyl (C=O) groups is 1. The smallest absolute Gasteiger partial charge is 0.243 e. The van der Waals surface area contributed by atoms with E-state index in [0.717, 1.165) is 6.42 Å². The lowest BCUT2D eigenvalue weighted by Crippen LogP contribution is -2.54. The Morgan fingerprint density at radius 1 is 1.07 bits per heavy atom. The first-order chi connectivity index (χ1) is 12.9. The monoisotopic (exact) mass is 396 g/mol. The van der Waals surface area contributed by atoms with E-state index in [0.29, 0.717) is 37.8 Å². The summed E-state index contributed by atoms with van der Waals surface area (Å²) in [5.41, 5.74) is 6.04. The summed E-state index contributed by atoms with van der Waals surface area (Å²) in [7, 11) is -3.64. The van der Waals surface area contributed by atoms with Crippen LogP contribution in [0.25, 0.3) is 0 Å². The molecule has 2 fully saturated rings. The Kier molecular flexibility index (Phi) is 4.97. The zero-order valence-electron chi connectivity index (χ0n) is 15.2. The largest absolute Gasteiger partial charge is 0.486 e. The van der Waals surface area contributed by atoms with Crippen molar-refractivity contribution < 1.29 is 22.7 Å². The van der Waals surface area contributed by atoms with E-state index in [9.17, 15) is 13.2 Å². The second-order valence-corrected chi connectivity index (χ2v) is 8.95. The van der Waals surface area contributed by atoms with Crippen LogP contribution in [0.2, 0.25) is 0 Å². The van der Waals surface area contributed by atoms with E-state index in [1.807, 2.05) is 6.92 Å². The van der Waals surface area contributed by atoms with Crippen LogP contribution in [0.5, 0.6) is 11.5 Å². The van der Waals surface area contributed by atoms with Crippen molar-refractivity contribution in [3.63, 3.8) is 0 Å². The summed E-state index contributed by atoms with van der Waals surface area (Å²) in [5, 5.41) is 0. The highest BCUT2D eigenvalue weighted by Crippen LogP contribution is 2.33. The zero-order valence-corrected chi connectivity index (χ0v) is 16.0. The van der Waals surface area contributed by atoms with Crippen molar-refractivity contribution in [3.05, 3.63) is 18.2 Å². The summed E-state index contributed by atoms with van der Waals surface area (Å²) < 4.78 is 38.3. The summed E-state index contributed by atoms with van der Waals surface area (Å²) >= 11 is 0. The van der Waals surface area contributed by atoms with Crippen LogP contribution in [0, 0.1) is 0 Å². The Balaban J connectivity index is 1.42. The minimum absolute atomic E-state index is 0.0169. The average Bonchev–Trinajstić information content (AvgIpc) is 3.13. The van der Waals surface area contributed by atoms with Crippen LogP contribution < -0.4 is 20.3 Å². The van der Waals surface area contributed by atoms with Gasteiger partial charge in [0.05, 0.1) is 4.90 Å². The second-order valence-electron chi connectivity index (χ2n) is 7.01. The number of benzene rings is 1. The van der Waals surface area contributed by atoms with E-state index in [1.165, 1.54) is 16.4 Å². The number of nitrogens with zero attached hydrogens (tertiary/aromatic N) is 2. The minimum atomic E-state index is -3.64. The molecule has 2 atom stereocenters. The summed E-state index contributed by atoms with van der Waals surface area (Å²) in [6, 6.07) is 4.67. The molecule has 3 heterocycles. The molecule has 1 aromatic carbocycles. The molecule has 4 rings (SSSR count). The molecule has 9 nitrogen and oxygen atoms in total. The van der Waals surface area contributed by atoms with Crippen LogP contribution in [0.4, 0.5) is 0 Å². The molecule has 2 N–H and O–H groups in total. The molecule has 3 aliphatic rings. The molecule has 0 saturated carbocycles. The maximum atomic E-state index is 13.0. The molecule has 1 aromatic rings. The van der Waals surface area contributed by atoms with Gasteiger partial charge >= 0.3 is 0 Å². The van der Waals surface area contributed by atoms with Gasteiger partial charge in [-0.25, -0.2) is 13.8 Å². The number of nitrogens with one attached hydrogen (secondary N) is 2. The van der Waals surface area contributed by atoms with Crippen LogP contribution in [-0.2, 0) is 14.8 Å². The van der Waals surface area contributed by atoms with E-state index in [-0.39, 0.29) is 36.0 Å². The lowest BCUT2D eigenvalue weighted by molar-refractivity contribution is -0.134. The summed E-state index contributed by atoms with van der Waals surface area (Å²) in [6.45, 7) is 4.19. The summed E-state index contributed by atoms with van der Waals surface area (Å²) in [5.74, 6) is 1.02. The maximum absolute atomic E-state index is 13.0. The zero-order chi connectivity index (χ0) is 19.0. The highest BCUT2D eigenvalue weighted by molar-refractivity contribution is 7.89. The Morgan fingerprint density at radius 3 is 2.44 bits per heavy atom. The van der Waals surface area contributed by atoms with E-state index in [4.69, 9.17) is 9.47 Å². The summed E-state index contributed by atoms with van der Waals surface area (Å²) in [6.07, 6.45) is 0.731. The Morgan fingerprint density at radius 2 is 1.78 bits per heavy atom. The van der Waals surface area contributed by atoms with Crippen molar-refractivity contribution in [2.75, 3.05) is 39.4 Å². The van der Waals surface area contributed by atoms with E-state index >= 15 is 0 Å². The molecule has 0 aliphatic carbocycles. The van der Waals surface area contributed by atoms with Crippen molar-refractivity contribution in [3.8, 4) is 11.5 Å². The number of amides is 1. The van der Waals surface area contributed by atoms with Gasteiger partial charge in [0.25, 0.3) is 0 Å². The molecule has 10 heteroatoms. The first-order valence-electron chi connectivity index (χ1n) is 9.15. The van der Waals surface area contributed by atoms with Crippen molar-refractivity contribution >= 4 is 15.9 Å². The Bertz CT molecular complexity index is 823. The van der Waals surface area contributed by atoms with Gasteiger partial charge < -0.3 is 14.4 Å². The van der Waals surface area contributed by atoms with E-state index in [2.05, 4.69) is 10.9 Å². The number of rotatable bonds is 3. The molecule has 148 valence electrons. The van der Waals surface area contributed by atoms with Gasteiger partial charge in [-0.3, -0.25) is 10.2 Å². The number of hydrazine groups is 1. The predicted molar refractivity (Wildman–Crippen MR) is 96.9 cm³/mol. The second kappa shape index (κ2) is 7.27. The molecule has 2 unspecified atom stereocenters. The SMILES string of the molecule is CC1CC(C(=O)N2CCN(S(=O)(=O)c3ccc4c(c3)OCCO4)CC2)NN1. The molecule has 0 bridgehead atoms. The number of hydrogen-bond acceptors (Lipinski definition) is 7. The lowest BCUT2D eigenvalue weighted by atomic mass is 10.1. The van der Waals surface area contributed by atoms with Gasteiger partial charge in [0.1, 0.15) is 19.3 Å². The quantitative estimate of drug-likeness (QED) is 0.714. The number of ether oxygens (including phenoxy) is 2. The Labute approximate surface area is 158 Å². The first-order valence-corrected chi connectivity index (χ1v) is 10.6. The van der Waals surface area contributed by atoms with Crippen molar-refractivity contribution in [1.82, 2.24) is 20.1 Å². The fourth-order valence-corrected chi connectivity index (χ4v) is 5.02. The third-order valence-corrected chi connectivity index (χ3v) is 6.99. The predicted octanol–water partition coefficient (Wildman–Crippen LogP) is -0.454. The van der Waals surface area contributed by atoms with Crippen LogP contribution in [0.3, 0.4) is 0 Å².